The molecule has 1 aromatic carbocycles. The molecule has 0 aliphatic heterocycles. The van der Waals surface area contributed by atoms with Crippen molar-refractivity contribution in [3.8, 4) is 0 Å². The predicted octanol–water partition coefficient (Wildman–Crippen LogP) is 2.61. The predicted molar refractivity (Wildman–Crippen MR) is 74.0 cm³/mol. The summed E-state index contributed by atoms with van der Waals surface area (Å²) in [6.07, 6.45) is 2.06. The summed E-state index contributed by atoms with van der Waals surface area (Å²) in [5, 5.41) is 1.12. The van der Waals surface area contributed by atoms with Crippen LogP contribution in [0, 0.1) is 0 Å². The quantitative estimate of drug-likeness (QED) is 0.593. The fraction of sp³-hybridized carbons (Fsp3) is 0.400. The van der Waals surface area contributed by atoms with E-state index in [0.717, 1.165) is 10.9 Å². The highest BCUT2D eigenvalue weighted by Crippen LogP contribution is 2.14. The highest BCUT2D eigenvalue weighted by atomic mass is 16.6. The Kier molecular flexibility index (Phi) is 4.58. The second-order valence-electron chi connectivity index (χ2n) is 4.64. The maximum Gasteiger partial charge on any atom is 0.326 e. The largest absolute Gasteiger partial charge is 0.462 e. The minimum absolute atomic E-state index is 0.159. The molecule has 4 nitrogen and oxygen atoms in total. The fourth-order valence-corrected chi connectivity index (χ4v) is 1.90. The second kappa shape index (κ2) is 6.38. The lowest BCUT2D eigenvalue weighted by Crippen LogP contribution is -2.17. The van der Waals surface area contributed by atoms with Crippen molar-refractivity contribution < 1.29 is 14.3 Å². The highest BCUT2D eigenvalue weighted by molar-refractivity contribution is 5.81. The number of hydrogen-bond donors (Lipinski definition) is 0. The van der Waals surface area contributed by atoms with Crippen molar-refractivity contribution in [3.05, 3.63) is 36.5 Å². The molecule has 0 bridgehead atoms. The van der Waals surface area contributed by atoms with Gasteiger partial charge in [-0.05, 0) is 31.4 Å². The van der Waals surface area contributed by atoms with Crippen LogP contribution in [0.3, 0.4) is 0 Å². The molecule has 2 aromatic rings. The molecule has 102 valence electrons. The molecule has 0 radical (unpaired) electrons. The van der Waals surface area contributed by atoms with E-state index in [4.69, 9.17) is 9.47 Å². The average Bonchev–Trinajstić information content (AvgIpc) is 2.78. The number of para-hydroxylation sites is 1. The Hall–Kier alpha value is -1.81. The van der Waals surface area contributed by atoms with Crippen LogP contribution in [0.1, 0.15) is 13.8 Å². The molecular weight excluding hydrogens is 242 g/mol. The van der Waals surface area contributed by atoms with E-state index in [9.17, 15) is 4.79 Å². The van der Waals surface area contributed by atoms with Gasteiger partial charge < -0.3 is 14.0 Å². The molecule has 1 aromatic heterocycles. The number of benzene rings is 1. The Labute approximate surface area is 112 Å². The number of rotatable bonds is 6. The van der Waals surface area contributed by atoms with Gasteiger partial charge in [0, 0.05) is 11.7 Å². The van der Waals surface area contributed by atoms with Crippen LogP contribution in [-0.2, 0) is 20.8 Å². The van der Waals surface area contributed by atoms with Crippen LogP contribution in [0.15, 0.2) is 36.5 Å². The summed E-state index contributed by atoms with van der Waals surface area (Å²) in [5.74, 6) is -0.242. The fourth-order valence-electron chi connectivity index (χ4n) is 1.90. The number of carbonyl (C=O) groups is 1. The first-order chi connectivity index (χ1) is 9.16. The van der Waals surface area contributed by atoms with Crippen molar-refractivity contribution in [2.24, 2.45) is 0 Å². The third-order valence-corrected chi connectivity index (χ3v) is 2.78. The van der Waals surface area contributed by atoms with E-state index in [1.54, 1.807) is 0 Å². The number of fused-ring (bicyclic) bond motifs is 1. The first kappa shape index (κ1) is 13.6. The maximum atomic E-state index is 11.7. The number of carbonyl (C=O) groups excluding carboxylic acids is 1. The molecule has 2 rings (SSSR count). The Morgan fingerprint density at radius 2 is 2.00 bits per heavy atom. The van der Waals surface area contributed by atoms with Gasteiger partial charge >= 0.3 is 5.97 Å². The number of esters is 1. The van der Waals surface area contributed by atoms with E-state index in [-0.39, 0.29) is 18.6 Å². The Morgan fingerprint density at radius 3 is 2.79 bits per heavy atom. The summed E-state index contributed by atoms with van der Waals surface area (Å²) < 4.78 is 12.3. The number of aromatic nitrogens is 1. The second-order valence-corrected chi connectivity index (χ2v) is 4.64. The average molecular weight is 261 g/mol. The summed E-state index contributed by atoms with van der Waals surface area (Å²) in [5.41, 5.74) is 1.04. The zero-order valence-corrected chi connectivity index (χ0v) is 11.3. The van der Waals surface area contributed by atoms with E-state index in [2.05, 4.69) is 0 Å². The van der Waals surface area contributed by atoms with Crippen molar-refractivity contribution in [3.63, 3.8) is 0 Å². The molecule has 0 saturated heterocycles. The zero-order valence-electron chi connectivity index (χ0n) is 11.3. The minimum atomic E-state index is -0.242. The standard InChI is InChI=1S/C15H19NO3/c1-12(2)18-9-10-19-15(17)11-16-8-7-13-5-3-4-6-14(13)16/h3-8,12H,9-11H2,1-2H3. The van der Waals surface area contributed by atoms with Gasteiger partial charge in [-0.15, -0.1) is 0 Å². The number of nitrogens with zero attached hydrogens (tertiary/aromatic N) is 1. The molecule has 1 heterocycles. The van der Waals surface area contributed by atoms with E-state index in [0.29, 0.717) is 13.2 Å². The molecule has 0 amide bonds. The SMILES string of the molecule is CC(C)OCCOC(=O)Cn1ccc2ccccc21. The van der Waals surface area contributed by atoms with E-state index < -0.39 is 0 Å². The van der Waals surface area contributed by atoms with Gasteiger partial charge in [0.25, 0.3) is 0 Å². The zero-order chi connectivity index (χ0) is 13.7. The molecule has 4 heteroatoms. The third kappa shape index (κ3) is 3.83. The Balaban J connectivity index is 1.85. The topological polar surface area (TPSA) is 40.5 Å². The molecule has 0 fully saturated rings. The van der Waals surface area contributed by atoms with Crippen LogP contribution in [0.5, 0.6) is 0 Å². The molecule has 0 saturated carbocycles. The lowest BCUT2D eigenvalue weighted by atomic mass is 10.2. The molecule has 0 aliphatic carbocycles. The lowest BCUT2D eigenvalue weighted by molar-refractivity contribution is -0.146. The molecule has 0 atom stereocenters. The summed E-state index contributed by atoms with van der Waals surface area (Å²) in [6.45, 7) is 4.88. The van der Waals surface area contributed by atoms with Gasteiger partial charge in [-0.3, -0.25) is 4.79 Å². The smallest absolute Gasteiger partial charge is 0.326 e. The van der Waals surface area contributed by atoms with Crippen molar-refractivity contribution >= 4 is 16.9 Å². The third-order valence-electron chi connectivity index (χ3n) is 2.78. The maximum absolute atomic E-state index is 11.7. The molecule has 19 heavy (non-hydrogen) atoms. The van der Waals surface area contributed by atoms with Crippen molar-refractivity contribution in [1.29, 1.82) is 0 Å². The van der Waals surface area contributed by atoms with Crippen LogP contribution >= 0.6 is 0 Å². The van der Waals surface area contributed by atoms with Gasteiger partial charge in [0.2, 0.25) is 0 Å². The Bertz CT molecular complexity index is 545. The molecule has 0 unspecified atom stereocenters. The van der Waals surface area contributed by atoms with Crippen LogP contribution < -0.4 is 0 Å². The van der Waals surface area contributed by atoms with Crippen molar-refractivity contribution in [2.75, 3.05) is 13.2 Å². The first-order valence-corrected chi connectivity index (χ1v) is 6.48. The monoisotopic (exact) mass is 261 g/mol. The van der Waals surface area contributed by atoms with Gasteiger partial charge in [-0.1, -0.05) is 18.2 Å². The van der Waals surface area contributed by atoms with Crippen LogP contribution in [0.4, 0.5) is 0 Å². The normalized spacial score (nSPS) is 11.1. The first-order valence-electron chi connectivity index (χ1n) is 6.48. The van der Waals surface area contributed by atoms with Crippen LogP contribution in [0.2, 0.25) is 0 Å². The van der Waals surface area contributed by atoms with Crippen molar-refractivity contribution in [2.45, 2.75) is 26.5 Å². The van der Waals surface area contributed by atoms with Crippen LogP contribution in [0.25, 0.3) is 10.9 Å². The summed E-state index contributed by atoms with van der Waals surface area (Å²) >= 11 is 0. The number of hydrogen-bond acceptors (Lipinski definition) is 3. The van der Waals surface area contributed by atoms with E-state index in [1.165, 1.54) is 0 Å². The van der Waals surface area contributed by atoms with Gasteiger partial charge in [0.05, 0.1) is 12.7 Å². The van der Waals surface area contributed by atoms with E-state index in [1.807, 2.05) is 54.9 Å². The summed E-state index contributed by atoms with van der Waals surface area (Å²) in [4.78, 5) is 11.7. The van der Waals surface area contributed by atoms with Crippen molar-refractivity contribution in [1.82, 2.24) is 4.57 Å². The summed E-state index contributed by atoms with van der Waals surface area (Å²) in [7, 11) is 0. The van der Waals surface area contributed by atoms with Crippen LogP contribution in [-0.4, -0.2) is 29.9 Å². The van der Waals surface area contributed by atoms with Gasteiger partial charge in [-0.25, -0.2) is 0 Å². The Morgan fingerprint density at radius 1 is 1.21 bits per heavy atom. The molecular formula is C15H19NO3. The summed E-state index contributed by atoms with van der Waals surface area (Å²) in [6, 6.07) is 9.94. The molecule has 0 aliphatic rings. The van der Waals surface area contributed by atoms with Gasteiger partial charge in [0.15, 0.2) is 0 Å². The lowest BCUT2D eigenvalue weighted by Gasteiger charge is -2.09. The number of ether oxygens (including phenoxy) is 2. The highest BCUT2D eigenvalue weighted by Gasteiger charge is 2.07. The van der Waals surface area contributed by atoms with Gasteiger partial charge in [-0.2, -0.15) is 0 Å². The van der Waals surface area contributed by atoms with E-state index >= 15 is 0 Å². The van der Waals surface area contributed by atoms with Gasteiger partial charge in [0.1, 0.15) is 13.2 Å². The molecule has 0 spiro atoms. The molecule has 0 N–H and O–H groups in total. The minimum Gasteiger partial charge on any atom is -0.462 e.